The number of aliphatic hydroxyl groups is 1. The number of H-pyrrole nitrogens is 1. The maximum atomic E-state index is 13.5. The van der Waals surface area contributed by atoms with E-state index in [2.05, 4.69) is 36.7 Å². The summed E-state index contributed by atoms with van der Waals surface area (Å²) < 4.78 is 6.05. The second-order valence-electron chi connectivity index (χ2n) is 10.6. The van der Waals surface area contributed by atoms with E-state index in [0.29, 0.717) is 12.8 Å². The standard InChI is InChI=1S/C25H36N2O3/c1-15(2)30-21-9-7-8-20-23(21)19(13-26-20)16(3)10-22(28)27-17(4)24(5)11-18(27)12-25(6,29)14-24/h7-9,13,15-18,26,29H,10-12,14H2,1-6H3. The van der Waals surface area contributed by atoms with Crippen LogP contribution >= 0.6 is 0 Å². The molecule has 1 aromatic heterocycles. The fourth-order valence-corrected chi connectivity index (χ4v) is 6.11. The van der Waals surface area contributed by atoms with Crippen molar-refractivity contribution in [3.8, 4) is 5.75 Å². The molecule has 0 spiro atoms. The van der Waals surface area contributed by atoms with Crippen molar-refractivity contribution < 1.29 is 14.6 Å². The van der Waals surface area contributed by atoms with Crippen LogP contribution in [-0.2, 0) is 4.79 Å². The summed E-state index contributed by atoms with van der Waals surface area (Å²) >= 11 is 0. The molecule has 1 saturated heterocycles. The van der Waals surface area contributed by atoms with Gasteiger partial charge < -0.3 is 19.7 Å². The van der Waals surface area contributed by atoms with E-state index in [9.17, 15) is 9.90 Å². The van der Waals surface area contributed by atoms with E-state index in [-0.39, 0.29) is 35.4 Å². The summed E-state index contributed by atoms with van der Waals surface area (Å²) in [5, 5.41) is 11.8. The third-order valence-electron chi connectivity index (χ3n) is 7.34. The maximum Gasteiger partial charge on any atom is 0.223 e. The summed E-state index contributed by atoms with van der Waals surface area (Å²) in [4.78, 5) is 18.9. The average Bonchev–Trinajstić information content (AvgIpc) is 3.11. The number of hydrogen-bond acceptors (Lipinski definition) is 3. The molecule has 1 aliphatic carbocycles. The zero-order chi connectivity index (χ0) is 21.8. The third-order valence-corrected chi connectivity index (χ3v) is 7.34. The van der Waals surface area contributed by atoms with Crippen LogP contribution < -0.4 is 4.74 Å². The van der Waals surface area contributed by atoms with Crippen molar-refractivity contribution >= 4 is 16.8 Å². The lowest BCUT2D eigenvalue weighted by atomic mass is 9.68. The zero-order valence-electron chi connectivity index (χ0n) is 19.2. The van der Waals surface area contributed by atoms with Gasteiger partial charge in [-0.15, -0.1) is 0 Å². The second kappa shape index (κ2) is 7.30. The predicted molar refractivity (Wildman–Crippen MR) is 120 cm³/mol. The first-order valence-corrected chi connectivity index (χ1v) is 11.3. The van der Waals surface area contributed by atoms with Crippen molar-refractivity contribution in [1.29, 1.82) is 0 Å². The van der Waals surface area contributed by atoms with Gasteiger partial charge in [-0.2, -0.15) is 0 Å². The summed E-state index contributed by atoms with van der Waals surface area (Å²) in [6.07, 6.45) is 5.00. The molecule has 30 heavy (non-hydrogen) atoms. The number of aromatic amines is 1. The van der Waals surface area contributed by atoms with Crippen LogP contribution in [0.4, 0.5) is 0 Å². The predicted octanol–water partition coefficient (Wildman–Crippen LogP) is 4.99. The molecule has 5 atom stereocenters. The van der Waals surface area contributed by atoms with Crippen molar-refractivity contribution in [3.05, 3.63) is 30.0 Å². The van der Waals surface area contributed by atoms with Gasteiger partial charge in [0.1, 0.15) is 5.75 Å². The van der Waals surface area contributed by atoms with Crippen molar-refractivity contribution in [1.82, 2.24) is 9.88 Å². The molecule has 2 aromatic rings. The van der Waals surface area contributed by atoms with E-state index in [1.54, 1.807) is 0 Å². The number of hydrogen-bond donors (Lipinski definition) is 2. The highest BCUT2D eigenvalue weighted by molar-refractivity contribution is 5.90. The molecule has 1 saturated carbocycles. The number of likely N-dealkylation sites (tertiary alicyclic amines) is 1. The number of fused-ring (bicyclic) bond motifs is 3. The Hall–Kier alpha value is -2.01. The topological polar surface area (TPSA) is 65.6 Å². The molecule has 2 aliphatic rings. The molecule has 2 fully saturated rings. The molecule has 2 bridgehead atoms. The number of rotatable bonds is 5. The summed E-state index contributed by atoms with van der Waals surface area (Å²) in [7, 11) is 0. The number of nitrogens with one attached hydrogen (secondary N) is 1. The Bertz CT molecular complexity index is 945. The molecule has 4 rings (SSSR count). The highest BCUT2D eigenvalue weighted by atomic mass is 16.5. The lowest BCUT2D eigenvalue weighted by Gasteiger charge is -2.39. The molecular formula is C25H36N2O3. The number of aromatic nitrogens is 1. The minimum atomic E-state index is -0.688. The summed E-state index contributed by atoms with van der Waals surface area (Å²) in [5.74, 6) is 1.13. The van der Waals surface area contributed by atoms with E-state index < -0.39 is 5.60 Å². The highest BCUT2D eigenvalue weighted by Crippen LogP contribution is 2.53. The molecule has 1 amide bonds. The molecule has 164 valence electrons. The normalized spacial score (nSPS) is 32.1. The minimum absolute atomic E-state index is 0.00955. The molecule has 5 unspecified atom stereocenters. The van der Waals surface area contributed by atoms with Gasteiger partial charge in [-0.1, -0.05) is 19.9 Å². The Labute approximate surface area is 179 Å². The number of nitrogens with zero attached hydrogens (tertiary/aromatic N) is 1. The summed E-state index contributed by atoms with van der Waals surface area (Å²) in [6, 6.07) is 6.34. The van der Waals surface area contributed by atoms with Crippen LogP contribution in [0.1, 0.15) is 78.7 Å². The smallest absolute Gasteiger partial charge is 0.223 e. The van der Waals surface area contributed by atoms with Crippen LogP contribution in [0.15, 0.2) is 24.4 Å². The number of benzene rings is 1. The van der Waals surface area contributed by atoms with Crippen LogP contribution in [0.5, 0.6) is 5.75 Å². The van der Waals surface area contributed by atoms with E-state index >= 15 is 0 Å². The minimum Gasteiger partial charge on any atom is -0.490 e. The molecule has 0 radical (unpaired) electrons. The van der Waals surface area contributed by atoms with Crippen molar-refractivity contribution in [2.24, 2.45) is 5.41 Å². The van der Waals surface area contributed by atoms with Crippen LogP contribution in [-0.4, -0.2) is 44.7 Å². The zero-order valence-corrected chi connectivity index (χ0v) is 19.2. The Morgan fingerprint density at radius 3 is 2.73 bits per heavy atom. The SMILES string of the molecule is CC(C)Oc1cccc2[nH]cc(C(C)CC(=O)N3C4CC(C)(O)CC(C)(C4)C3C)c12. The van der Waals surface area contributed by atoms with Gasteiger partial charge in [0.2, 0.25) is 5.91 Å². The van der Waals surface area contributed by atoms with E-state index in [1.165, 1.54) is 0 Å². The van der Waals surface area contributed by atoms with Gasteiger partial charge in [-0.05, 0) is 76.0 Å². The van der Waals surface area contributed by atoms with Gasteiger partial charge in [0.05, 0.1) is 11.7 Å². The van der Waals surface area contributed by atoms with Crippen LogP contribution in [0.25, 0.3) is 10.9 Å². The lowest BCUT2D eigenvalue weighted by Crippen LogP contribution is -2.42. The molecule has 2 N–H and O–H groups in total. The fourth-order valence-electron chi connectivity index (χ4n) is 6.11. The number of amides is 1. The first-order chi connectivity index (χ1) is 14.0. The van der Waals surface area contributed by atoms with Crippen molar-refractivity contribution in [2.75, 3.05) is 0 Å². The molecule has 5 heteroatoms. The van der Waals surface area contributed by atoms with Gasteiger partial charge in [0, 0.05) is 35.6 Å². The Morgan fingerprint density at radius 2 is 2.03 bits per heavy atom. The molecule has 1 aromatic carbocycles. The van der Waals surface area contributed by atoms with Gasteiger partial charge in [-0.3, -0.25) is 4.79 Å². The van der Waals surface area contributed by atoms with Crippen LogP contribution in [0.2, 0.25) is 0 Å². The van der Waals surface area contributed by atoms with Gasteiger partial charge in [0.25, 0.3) is 0 Å². The van der Waals surface area contributed by atoms with E-state index in [1.807, 2.05) is 39.1 Å². The fraction of sp³-hybridized carbons (Fsp3) is 0.640. The Kier molecular flexibility index (Phi) is 5.16. The van der Waals surface area contributed by atoms with Crippen LogP contribution in [0, 0.1) is 5.41 Å². The molecular weight excluding hydrogens is 376 g/mol. The number of ether oxygens (including phenoxy) is 1. The Balaban J connectivity index is 1.58. The quantitative estimate of drug-likeness (QED) is 0.727. The van der Waals surface area contributed by atoms with Crippen molar-refractivity contribution in [2.45, 2.75) is 96.9 Å². The molecule has 5 nitrogen and oxygen atoms in total. The number of carbonyl (C=O) groups excluding carboxylic acids is 1. The largest absolute Gasteiger partial charge is 0.490 e. The highest BCUT2D eigenvalue weighted by Gasteiger charge is 2.56. The number of carbonyl (C=O) groups is 1. The van der Waals surface area contributed by atoms with Crippen molar-refractivity contribution in [3.63, 3.8) is 0 Å². The third kappa shape index (κ3) is 3.62. The van der Waals surface area contributed by atoms with E-state index in [0.717, 1.165) is 35.1 Å². The monoisotopic (exact) mass is 412 g/mol. The van der Waals surface area contributed by atoms with Gasteiger partial charge in [0.15, 0.2) is 0 Å². The Morgan fingerprint density at radius 1 is 1.30 bits per heavy atom. The average molecular weight is 413 g/mol. The molecule has 1 aliphatic heterocycles. The van der Waals surface area contributed by atoms with Gasteiger partial charge >= 0.3 is 0 Å². The van der Waals surface area contributed by atoms with E-state index in [4.69, 9.17) is 4.74 Å². The molecule has 2 heterocycles. The summed E-state index contributed by atoms with van der Waals surface area (Å²) in [5.41, 5.74) is 1.47. The maximum absolute atomic E-state index is 13.5. The second-order valence-corrected chi connectivity index (χ2v) is 10.6. The summed E-state index contributed by atoms with van der Waals surface area (Å²) in [6.45, 7) is 12.5. The van der Waals surface area contributed by atoms with Crippen LogP contribution in [0.3, 0.4) is 0 Å². The first-order valence-electron chi connectivity index (χ1n) is 11.3. The first kappa shape index (κ1) is 21.2. The van der Waals surface area contributed by atoms with Gasteiger partial charge in [-0.25, -0.2) is 0 Å². The lowest BCUT2D eigenvalue weighted by molar-refractivity contribution is -0.134.